The molecule has 6 amide bonds. The van der Waals surface area contributed by atoms with Crippen LogP contribution in [0.4, 0.5) is 59.3 Å². The van der Waals surface area contributed by atoms with E-state index in [1.165, 1.54) is 55.1 Å². The summed E-state index contributed by atoms with van der Waals surface area (Å²) < 4.78 is 33.5. The normalized spacial score (nSPS) is 17.7. The van der Waals surface area contributed by atoms with Crippen molar-refractivity contribution in [2.45, 2.75) is 234 Å². The van der Waals surface area contributed by atoms with Gasteiger partial charge in [-0.2, -0.15) is 0 Å². The minimum Gasteiger partial charge on any atom is -0.444 e. The Morgan fingerprint density at radius 2 is 0.887 bits per heavy atom. The predicted molar refractivity (Wildman–Crippen MR) is 391 cm³/mol. The number of carbonyl (C=O) groups is 6. The molecule has 4 fully saturated rings. The fraction of sp³-hybridized carbons (Fsp3) is 0.688. The van der Waals surface area contributed by atoms with Crippen molar-refractivity contribution in [3.05, 3.63) is 54.8 Å². The number of likely N-dealkylation sites (tertiary alicyclic amines) is 3. The molecule has 4 aliphatic heterocycles. The van der Waals surface area contributed by atoms with Crippen molar-refractivity contribution >= 4 is 153 Å². The van der Waals surface area contributed by atoms with Crippen LogP contribution in [0.3, 0.4) is 0 Å². The van der Waals surface area contributed by atoms with Gasteiger partial charge in [-0.05, 0) is 198 Å². The van der Waals surface area contributed by atoms with E-state index < -0.39 is 58.0 Å². The molecule has 0 aromatic carbocycles. The van der Waals surface area contributed by atoms with Gasteiger partial charge in [-0.1, -0.05) is 11.3 Å². The predicted octanol–water partition coefficient (Wildman–Crippen LogP) is 18.1. The Bertz CT molecular complexity index is 3400. The van der Waals surface area contributed by atoms with Crippen molar-refractivity contribution in [2.24, 2.45) is 0 Å². The lowest BCUT2D eigenvalue weighted by Gasteiger charge is -2.28. The summed E-state index contributed by atoms with van der Waals surface area (Å²) in [4.78, 5) is 109. The summed E-state index contributed by atoms with van der Waals surface area (Å²) in [6.07, 6.45) is 4.64. The second kappa shape index (κ2) is 35.3. The van der Waals surface area contributed by atoms with Gasteiger partial charge in [-0.25, -0.2) is 58.4 Å². The molecule has 33 heteroatoms. The lowest BCUT2D eigenvalue weighted by atomic mass is 10.1. The van der Waals surface area contributed by atoms with Crippen molar-refractivity contribution in [2.75, 3.05) is 74.4 Å². The number of rotatable bonds is 8. The van der Waals surface area contributed by atoms with E-state index in [0.717, 1.165) is 82.4 Å². The van der Waals surface area contributed by atoms with E-state index in [4.69, 9.17) is 41.6 Å². The molecular formula is C64H99BrCl2N14O12S4. The monoisotopic (exact) mass is 1530 g/mol. The van der Waals surface area contributed by atoms with E-state index in [2.05, 4.69) is 56.2 Å². The second-order valence-electron chi connectivity index (χ2n) is 28.8. The van der Waals surface area contributed by atoms with Crippen LogP contribution in [0.25, 0.3) is 9.69 Å². The van der Waals surface area contributed by atoms with Crippen molar-refractivity contribution in [1.82, 2.24) is 40.0 Å². The Balaban J connectivity index is 0.000000342. The first-order chi connectivity index (χ1) is 43.8. The van der Waals surface area contributed by atoms with E-state index in [9.17, 15) is 28.8 Å². The van der Waals surface area contributed by atoms with Gasteiger partial charge in [0, 0.05) is 59.2 Å². The van der Waals surface area contributed by atoms with Crippen LogP contribution >= 0.6 is 86.1 Å². The van der Waals surface area contributed by atoms with Gasteiger partial charge in [-0.15, -0.1) is 58.8 Å². The Kier molecular flexibility index (Phi) is 31.0. The second-order valence-corrected chi connectivity index (χ2v) is 33.9. The summed E-state index contributed by atoms with van der Waals surface area (Å²) in [6, 6.07) is -0.346. The highest BCUT2D eigenvalue weighted by atomic mass is 79.9. The maximum absolute atomic E-state index is 12.6. The van der Waals surface area contributed by atoms with E-state index in [1.807, 2.05) is 116 Å². The number of ether oxygens (including phenoxy) is 6. The lowest BCUT2D eigenvalue weighted by Crippen LogP contribution is -2.36. The number of anilines is 4. The molecule has 26 nitrogen and oxygen atoms in total. The highest BCUT2D eigenvalue weighted by Crippen LogP contribution is 2.45. The van der Waals surface area contributed by atoms with Crippen LogP contribution < -0.4 is 25.3 Å². The molecule has 97 heavy (non-hydrogen) atoms. The van der Waals surface area contributed by atoms with Crippen LogP contribution in [0.5, 0.6) is 0 Å². The third kappa shape index (κ3) is 25.9. The molecule has 0 bridgehead atoms. The number of halogens is 3. The van der Waals surface area contributed by atoms with Gasteiger partial charge in [0.25, 0.3) is 10.0 Å². The number of amides is 6. The van der Waals surface area contributed by atoms with E-state index >= 15 is 0 Å². The molecule has 4 aromatic rings. The number of nitrogens with one attached hydrogen (secondary N) is 2. The summed E-state index contributed by atoms with van der Waals surface area (Å²) >= 11 is 8.79. The van der Waals surface area contributed by atoms with Gasteiger partial charge in [0.15, 0.2) is 20.5 Å². The Hall–Kier alpha value is -6.06. The van der Waals surface area contributed by atoms with Gasteiger partial charge in [0.1, 0.15) is 33.6 Å². The number of thiazole rings is 4. The number of hydrogen-bond donors (Lipinski definition) is 2. The topological polar surface area (TPSA) is 262 Å². The molecule has 0 saturated carbocycles. The minimum atomic E-state index is -0.632. The van der Waals surface area contributed by atoms with E-state index in [-0.39, 0.29) is 61.2 Å². The molecule has 0 spiro atoms. The standard InChI is InChI=1S/C19H28N4O4S.C18H28BrN3O4S.C18H29N3O4S.C9H12N4S.2ClH/c1-18(2,3)26-16(24)22(8)15-21-13(14(20-7)28-15)12-10-9-11-23(12)17(25)27-19(4,5)6;1-17(2,3)25-15(23)21(7)14-20-12(13(19)27-14)11-9-8-10-22(11)16(24)26-18(4,5)6;1-17(2,3)24-15(22)20(7)14-19-12(11-26-14)13-9-8-10-21(13)16(23)25-18(4,5)6;1-10-8-7(6-4-3-5-12-6)13-9(11-2)14-8;;/h12H,9-11H2,1-6,8H3;11H,8-10H2,1-7H3;11,13H,8-10H2,1-7H3;6,12H,3-5H2,2H3,(H,11,13);2*1H/t12-;11-;13-;6-;;/m1111../s1. The van der Waals surface area contributed by atoms with Gasteiger partial charge in [0.2, 0.25) is 0 Å². The minimum absolute atomic E-state index is 0. The molecule has 2 N–H and O–H groups in total. The number of hydrogen-bond acceptors (Lipinski definition) is 22. The number of carbonyl (C=O) groups excluding carboxylic acids is 6. The smallest absolute Gasteiger partial charge is 0.416 e. The molecule has 8 heterocycles. The van der Waals surface area contributed by atoms with Crippen LogP contribution in [0.1, 0.15) is 223 Å². The van der Waals surface area contributed by atoms with Crippen LogP contribution in [0.2, 0.25) is 0 Å². The van der Waals surface area contributed by atoms with Gasteiger partial charge in [-0.3, -0.25) is 24.5 Å². The average Bonchev–Trinajstić information content (AvgIpc) is 1.67. The van der Waals surface area contributed by atoms with Crippen molar-refractivity contribution in [1.29, 1.82) is 0 Å². The highest BCUT2D eigenvalue weighted by molar-refractivity contribution is 9.11. The van der Waals surface area contributed by atoms with Gasteiger partial charge >= 0.3 is 36.6 Å². The Morgan fingerprint density at radius 3 is 1.28 bits per heavy atom. The highest BCUT2D eigenvalue weighted by Gasteiger charge is 2.40. The van der Waals surface area contributed by atoms with E-state index in [1.54, 1.807) is 56.6 Å². The van der Waals surface area contributed by atoms with Crippen LogP contribution in [0, 0.1) is 13.1 Å². The lowest BCUT2D eigenvalue weighted by molar-refractivity contribution is 0.0211. The molecular weight excluding hydrogens is 1440 g/mol. The van der Waals surface area contributed by atoms with Crippen LogP contribution in [-0.2, 0) is 28.4 Å². The fourth-order valence-corrected chi connectivity index (χ4v) is 13.7. The first-order valence-electron chi connectivity index (χ1n) is 31.5. The van der Waals surface area contributed by atoms with Crippen LogP contribution in [-0.4, -0.2) is 159 Å². The summed E-state index contributed by atoms with van der Waals surface area (Å²) in [5.74, 6) is 0. The average molecular weight is 1540 g/mol. The zero-order valence-electron chi connectivity index (χ0n) is 60.0. The molecule has 4 aromatic heterocycles. The first-order valence-corrected chi connectivity index (χ1v) is 35.6. The maximum atomic E-state index is 12.6. The summed E-state index contributed by atoms with van der Waals surface area (Å²) in [6.45, 7) is 50.3. The van der Waals surface area contributed by atoms with Crippen molar-refractivity contribution in [3.63, 3.8) is 0 Å². The number of aromatic nitrogens is 4. The molecule has 0 unspecified atom stereocenters. The van der Waals surface area contributed by atoms with Gasteiger partial charge in [0.05, 0.1) is 57.8 Å². The van der Waals surface area contributed by atoms with Crippen molar-refractivity contribution < 1.29 is 57.2 Å². The Labute approximate surface area is 609 Å². The molecule has 0 radical (unpaired) electrons. The zero-order valence-corrected chi connectivity index (χ0v) is 66.5. The molecule has 4 atom stereocenters. The summed E-state index contributed by atoms with van der Waals surface area (Å²) in [5, 5.41) is 11.6. The molecule has 542 valence electrons. The maximum Gasteiger partial charge on any atom is 0.416 e. The van der Waals surface area contributed by atoms with Gasteiger partial charge < -0.3 is 44.0 Å². The zero-order chi connectivity index (χ0) is 71.5. The molecule has 0 aliphatic carbocycles. The third-order valence-corrected chi connectivity index (χ3v) is 18.4. The SMILES string of the molecule is CN(C(=O)OC(C)(C)C)c1nc([C@H]2CCCN2C(=O)OC(C)(C)C)c(Br)s1.CN(C(=O)OC(C)(C)C)c1nc([C@H]2CCCN2C(=O)OC(C)(C)C)cs1.Cl.Cl.[C-]#[N+]c1sc(N(C)C(=O)OC(C)(C)C)nc1[C@H]1CCCN1C(=O)OC(C)(C)C.[C-]#[N+]c1sc(NC)nc1[C@H]1CCCN1. The molecule has 8 rings (SSSR count). The summed E-state index contributed by atoms with van der Waals surface area (Å²) in [5.41, 5.74) is -0.506. The quantitative estimate of drug-likeness (QED) is 0.123. The Morgan fingerprint density at radius 1 is 0.515 bits per heavy atom. The fourth-order valence-electron chi connectivity index (χ4n) is 9.66. The first kappa shape index (κ1) is 85.2. The van der Waals surface area contributed by atoms with Crippen molar-refractivity contribution in [3.8, 4) is 0 Å². The van der Waals surface area contributed by atoms with E-state index in [0.29, 0.717) is 57.1 Å². The third-order valence-electron chi connectivity index (χ3n) is 13.7. The largest absolute Gasteiger partial charge is 0.444 e. The molecule has 4 aliphatic rings. The summed E-state index contributed by atoms with van der Waals surface area (Å²) in [7, 11) is 6.66. The number of nitrogens with zero attached hydrogens (tertiary/aromatic N) is 12. The van der Waals surface area contributed by atoms with Crippen LogP contribution in [0.15, 0.2) is 9.17 Å². The molecule has 4 saturated heterocycles.